The summed E-state index contributed by atoms with van der Waals surface area (Å²) in [5, 5.41) is 6.63. The highest BCUT2D eigenvalue weighted by atomic mass is 19.1. The van der Waals surface area contributed by atoms with E-state index in [2.05, 4.69) is 221 Å². The summed E-state index contributed by atoms with van der Waals surface area (Å²) in [6.45, 7) is 0. The van der Waals surface area contributed by atoms with Crippen molar-refractivity contribution in [2.45, 2.75) is 0 Å². The van der Waals surface area contributed by atoms with Gasteiger partial charge in [0.25, 0.3) is 0 Å². The summed E-state index contributed by atoms with van der Waals surface area (Å²) >= 11 is 0. The van der Waals surface area contributed by atoms with E-state index in [0.717, 1.165) is 117 Å². The van der Waals surface area contributed by atoms with Crippen molar-refractivity contribution in [2.24, 2.45) is 0 Å². The quantitative estimate of drug-likeness (QED) is 0.135. The standard InChI is InChI=1S/C68H45F2N3/c69-56-27-33-59(34-28-56)71(61-31-24-50-38-48(20-22-52(50)40-61)46-12-4-1-5-13-46)63-42-55(54-26-37-68-66(44-54)65-18-10-11-19-67(65)73(68)58-16-8-3-9-17-58)43-64(45-63)72(60-35-29-57(70)30-36-60)62-32-25-51-39-49(21-23-53(51)41-62)47-14-6-2-7-15-47/h1-45H. The van der Waals surface area contributed by atoms with Crippen LogP contribution in [0, 0.1) is 11.6 Å². The first-order valence-electron chi connectivity index (χ1n) is 24.5. The fourth-order valence-corrected chi connectivity index (χ4v) is 10.5. The number of rotatable bonds is 10. The minimum absolute atomic E-state index is 0.317. The van der Waals surface area contributed by atoms with Crippen LogP contribution in [0.5, 0.6) is 0 Å². The Bertz CT molecular complexity index is 3960. The zero-order chi connectivity index (χ0) is 48.8. The van der Waals surface area contributed by atoms with Gasteiger partial charge < -0.3 is 14.4 Å². The Balaban J connectivity index is 1.04. The molecule has 5 heteroatoms. The number of aromatic nitrogens is 1. The molecule has 0 fully saturated rings. The summed E-state index contributed by atoms with van der Waals surface area (Å²) in [5.41, 5.74) is 15.0. The van der Waals surface area contributed by atoms with Crippen molar-refractivity contribution in [2.75, 3.05) is 9.80 Å². The summed E-state index contributed by atoms with van der Waals surface area (Å²) in [4.78, 5) is 4.40. The van der Waals surface area contributed by atoms with E-state index in [0.29, 0.717) is 0 Å². The summed E-state index contributed by atoms with van der Waals surface area (Å²) in [6, 6.07) is 92.8. The average Bonchev–Trinajstić information content (AvgIpc) is 3.78. The molecule has 0 bridgehead atoms. The normalized spacial score (nSPS) is 11.4. The SMILES string of the molecule is Fc1ccc(N(c2cc(-c3ccc4c(c3)c3ccccc3n4-c3ccccc3)cc(N(c3ccc(F)cc3)c3ccc4cc(-c5ccccc5)ccc4c3)c2)c2ccc3cc(-c4ccccc4)ccc3c2)cc1. The van der Waals surface area contributed by atoms with Gasteiger partial charge in [0.15, 0.2) is 0 Å². The zero-order valence-electron chi connectivity index (χ0n) is 39.6. The number of hydrogen-bond donors (Lipinski definition) is 0. The molecule has 0 aliphatic carbocycles. The fourth-order valence-electron chi connectivity index (χ4n) is 10.5. The second kappa shape index (κ2) is 18.3. The van der Waals surface area contributed by atoms with Gasteiger partial charge in [0.2, 0.25) is 0 Å². The Labute approximate surface area is 422 Å². The maximum absolute atomic E-state index is 14.9. The van der Waals surface area contributed by atoms with Crippen molar-refractivity contribution in [3.05, 3.63) is 285 Å². The number of benzene rings is 12. The molecule has 12 aromatic carbocycles. The van der Waals surface area contributed by atoms with Gasteiger partial charge in [-0.1, -0.05) is 140 Å². The first kappa shape index (κ1) is 43.4. The Kier molecular flexibility index (Phi) is 10.9. The second-order valence-electron chi connectivity index (χ2n) is 18.5. The number of anilines is 6. The number of fused-ring (bicyclic) bond motifs is 5. The van der Waals surface area contributed by atoms with E-state index in [9.17, 15) is 8.78 Å². The van der Waals surface area contributed by atoms with Gasteiger partial charge in [-0.15, -0.1) is 0 Å². The fraction of sp³-hybridized carbons (Fsp3) is 0. The molecule has 73 heavy (non-hydrogen) atoms. The molecule has 0 radical (unpaired) electrons. The molecular formula is C68H45F2N3. The van der Waals surface area contributed by atoms with Crippen LogP contribution in [0.15, 0.2) is 273 Å². The monoisotopic (exact) mass is 941 g/mol. The van der Waals surface area contributed by atoms with Crippen molar-refractivity contribution in [3.63, 3.8) is 0 Å². The molecule has 0 atom stereocenters. The highest BCUT2D eigenvalue weighted by molar-refractivity contribution is 6.11. The predicted molar refractivity (Wildman–Crippen MR) is 301 cm³/mol. The molecule has 13 aromatic rings. The van der Waals surface area contributed by atoms with Crippen LogP contribution >= 0.6 is 0 Å². The van der Waals surface area contributed by atoms with Crippen LogP contribution in [0.4, 0.5) is 42.9 Å². The third kappa shape index (κ3) is 8.23. The van der Waals surface area contributed by atoms with Gasteiger partial charge in [0.1, 0.15) is 11.6 Å². The molecule has 0 unspecified atom stereocenters. The third-order valence-corrected chi connectivity index (χ3v) is 14.0. The lowest BCUT2D eigenvalue weighted by atomic mass is 9.98. The first-order chi connectivity index (χ1) is 36.0. The van der Waals surface area contributed by atoms with E-state index in [1.165, 1.54) is 24.3 Å². The molecule has 1 heterocycles. The van der Waals surface area contributed by atoms with E-state index in [4.69, 9.17) is 0 Å². The van der Waals surface area contributed by atoms with Gasteiger partial charge in [-0.25, -0.2) is 8.78 Å². The van der Waals surface area contributed by atoms with Crippen LogP contribution in [0.25, 0.3) is 82.4 Å². The van der Waals surface area contributed by atoms with Crippen LogP contribution in [-0.2, 0) is 0 Å². The lowest BCUT2D eigenvalue weighted by Crippen LogP contribution is -2.14. The third-order valence-electron chi connectivity index (χ3n) is 14.0. The topological polar surface area (TPSA) is 11.4 Å². The van der Waals surface area contributed by atoms with Crippen molar-refractivity contribution < 1.29 is 8.78 Å². The summed E-state index contributed by atoms with van der Waals surface area (Å²) < 4.78 is 32.2. The first-order valence-corrected chi connectivity index (χ1v) is 24.5. The van der Waals surface area contributed by atoms with E-state index in [1.54, 1.807) is 0 Å². The van der Waals surface area contributed by atoms with Gasteiger partial charge in [-0.2, -0.15) is 0 Å². The van der Waals surface area contributed by atoms with Gasteiger partial charge in [-0.05, 0) is 188 Å². The van der Waals surface area contributed by atoms with Gasteiger partial charge >= 0.3 is 0 Å². The summed E-state index contributed by atoms with van der Waals surface area (Å²) in [7, 11) is 0. The molecule has 1 aromatic heterocycles. The second-order valence-corrected chi connectivity index (χ2v) is 18.5. The van der Waals surface area contributed by atoms with Crippen molar-refractivity contribution in [1.82, 2.24) is 4.57 Å². The number of para-hydroxylation sites is 2. The molecule has 0 N–H and O–H groups in total. The lowest BCUT2D eigenvalue weighted by Gasteiger charge is -2.30. The smallest absolute Gasteiger partial charge is 0.123 e. The molecule has 0 spiro atoms. The van der Waals surface area contributed by atoms with Crippen molar-refractivity contribution in [3.8, 4) is 39.1 Å². The minimum Gasteiger partial charge on any atom is -0.310 e. The zero-order valence-corrected chi connectivity index (χ0v) is 39.6. The van der Waals surface area contributed by atoms with E-state index >= 15 is 0 Å². The molecule has 0 saturated heterocycles. The molecule has 0 amide bonds. The highest BCUT2D eigenvalue weighted by Gasteiger charge is 2.22. The van der Waals surface area contributed by atoms with Crippen LogP contribution < -0.4 is 9.80 Å². The number of hydrogen-bond acceptors (Lipinski definition) is 2. The van der Waals surface area contributed by atoms with Crippen molar-refractivity contribution >= 4 is 77.5 Å². The van der Waals surface area contributed by atoms with E-state index in [-0.39, 0.29) is 11.6 Å². The number of nitrogens with zero attached hydrogens (tertiary/aromatic N) is 3. The molecular weight excluding hydrogens is 897 g/mol. The summed E-state index contributed by atoms with van der Waals surface area (Å²) in [6.07, 6.45) is 0. The molecule has 13 rings (SSSR count). The van der Waals surface area contributed by atoms with Gasteiger partial charge in [-0.3, -0.25) is 0 Å². The van der Waals surface area contributed by atoms with Crippen LogP contribution in [0.1, 0.15) is 0 Å². The van der Waals surface area contributed by atoms with Crippen LogP contribution in [0.2, 0.25) is 0 Å². The maximum Gasteiger partial charge on any atom is 0.123 e. The molecule has 0 aliphatic heterocycles. The van der Waals surface area contributed by atoms with Crippen LogP contribution in [0.3, 0.4) is 0 Å². The largest absolute Gasteiger partial charge is 0.310 e. The Hall–Kier alpha value is -9.58. The number of halogens is 2. The van der Waals surface area contributed by atoms with E-state index < -0.39 is 0 Å². The van der Waals surface area contributed by atoms with E-state index in [1.807, 2.05) is 42.5 Å². The molecule has 346 valence electrons. The Morgan fingerprint density at radius 2 is 0.658 bits per heavy atom. The Morgan fingerprint density at radius 1 is 0.247 bits per heavy atom. The highest BCUT2D eigenvalue weighted by Crippen LogP contribution is 2.46. The minimum atomic E-state index is -0.317. The van der Waals surface area contributed by atoms with Gasteiger partial charge in [0.05, 0.1) is 11.0 Å². The lowest BCUT2D eigenvalue weighted by molar-refractivity contribution is 0.627. The Morgan fingerprint density at radius 3 is 1.19 bits per heavy atom. The summed E-state index contributed by atoms with van der Waals surface area (Å²) in [5.74, 6) is -0.634. The molecule has 3 nitrogen and oxygen atoms in total. The van der Waals surface area contributed by atoms with Gasteiger partial charge in [0, 0.05) is 50.6 Å². The maximum atomic E-state index is 14.9. The predicted octanol–water partition coefficient (Wildman–Crippen LogP) is 19.3. The average molecular weight is 942 g/mol. The van der Waals surface area contributed by atoms with Crippen molar-refractivity contribution in [1.29, 1.82) is 0 Å². The van der Waals surface area contributed by atoms with Crippen LogP contribution in [-0.4, -0.2) is 4.57 Å². The molecule has 0 aliphatic rings. The molecule has 0 saturated carbocycles.